The number of aromatic nitrogens is 1. The number of fused-ring (bicyclic) bond motifs is 3. The molecule has 128 valence electrons. The van der Waals surface area contributed by atoms with E-state index in [1.165, 1.54) is 6.42 Å². The fourth-order valence-corrected chi connectivity index (χ4v) is 5.88. The second kappa shape index (κ2) is 5.19. The van der Waals surface area contributed by atoms with Crippen molar-refractivity contribution in [3.05, 3.63) is 23.2 Å². The molecule has 2 heterocycles. The summed E-state index contributed by atoms with van der Waals surface area (Å²) in [7, 11) is 0. The lowest BCUT2D eigenvalue weighted by Gasteiger charge is -2.39. The standard InChI is InChI=1S/C19H25N3OS/c1-12-20-15-6-5-13(7-16(15)24-12)21-17(23)22-11-19(4)9-14(22)8-18(2,3)10-19/h5-7,14H,8-11H2,1-4H3,(H,21,23)/t14-,19-/m0/s1. The van der Waals surface area contributed by atoms with Crippen LogP contribution in [0.4, 0.5) is 10.5 Å². The van der Waals surface area contributed by atoms with Gasteiger partial charge in [-0.2, -0.15) is 0 Å². The maximum Gasteiger partial charge on any atom is 0.322 e. The minimum Gasteiger partial charge on any atom is -0.321 e. The highest BCUT2D eigenvalue weighted by Crippen LogP contribution is 2.52. The van der Waals surface area contributed by atoms with E-state index in [9.17, 15) is 4.79 Å². The van der Waals surface area contributed by atoms with Crippen molar-refractivity contribution >= 4 is 33.3 Å². The van der Waals surface area contributed by atoms with Gasteiger partial charge < -0.3 is 10.2 Å². The Balaban J connectivity index is 1.53. The van der Waals surface area contributed by atoms with Crippen molar-refractivity contribution in [1.82, 2.24) is 9.88 Å². The van der Waals surface area contributed by atoms with Crippen molar-refractivity contribution in [3.8, 4) is 0 Å². The number of urea groups is 1. The van der Waals surface area contributed by atoms with E-state index in [0.29, 0.717) is 11.5 Å². The number of likely N-dealkylation sites (tertiary alicyclic amines) is 1. The highest BCUT2D eigenvalue weighted by atomic mass is 32.1. The fraction of sp³-hybridized carbons (Fsp3) is 0.579. The Labute approximate surface area is 147 Å². The van der Waals surface area contributed by atoms with Crippen molar-refractivity contribution < 1.29 is 4.79 Å². The zero-order valence-electron chi connectivity index (χ0n) is 14.8. The number of anilines is 1. The molecule has 1 N–H and O–H groups in total. The van der Waals surface area contributed by atoms with Crippen LogP contribution in [0.5, 0.6) is 0 Å². The van der Waals surface area contributed by atoms with Gasteiger partial charge >= 0.3 is 6.03 Å². The first-order valence-electron chi connectivity index (χ1n) is 8.68. The van der Waals surface area contributed by atoms with E-state index in [1.807, 2.05) is 25.1 Å². The van der Waals surface area contributed by atoms with E-state index in [-0.39, 0.29) is 11.4 Å². The third-order valence-corrected chi connectivity index (χ3v) is 6.36. The molecule has 2 atom stereocenters. The maximum absolute atomic E-state index is 12.9. The van der Waals surface area contributed by atoms with Gasteiger partial charge in [-0.3, -0.25) is 0 Å². The van der Waals surface area contributed by atoms with Gasteiger partial charge in [0.25, 0.3) is 0 Å². The molecule has 0 unspecified atom stereocenters. The van der Waals surface area contributed by atoms with Crippen LogP contribution >= 0.6 is 11.3 Å². The predicted molar refractivity (Wildman–Crippen MR) is 99.6 cm³/mol. The predicted octanol–water partition coefficient (Wildman–Crippen LogP) is 5.04. The van der Waals surface area contributed by atoms with Crippen LogP contribution in [0.1, 0.15) is 45.0 Å². The summed E-state index contributed by atoms with van der Waals surface area (Å²) in [6.07, 6.45) is 3.44. The largest absolute Gasteiger partial charge is 0.322 e. The van der Waals surface area contributed by atoms with Gasteiger partial charge in [-0.25, -0.2) is 9.78 Å². The molecule has 24 heavy (non-hydrogen) atoms. The zero-order valence-corrected chi connectivity index (χ0v) is 15.7. The van der Waals surface area contributed by atoms with Crippen LogP contribution in [0.15, 0.2) is 18.2 Å². The van der Waals surface area contributed by atoms with E-state index in [1.54, 1.807) is 11.3 Å². The zero-order chi connectivity index (χ0) is 17.1. The van der Waals surface area contributed by atoms with Crippen LogP contribution in [-0.4, -0.2) is 28.5 Å². The number of thiazole rings is 1. The maximum atomic E-state index is 12.9. The Bertz CT molecular complexity index is 812. The molecule has 1 aliphatic carbocycles. The molecule has 1 saturated heterocycles. The Morgan fingerprint density at radius 2 is 2.12 bits per heavy atom. The highest BCUT2D eigenvalue weighted by molar-refractivity contribution is 7.18. The van der Waals surface area contributed by atoms with Gasteiger partial charge in [0.15, 0.2) is 0 Å². The van der Waals surface area contributed by atoms with Crippen LogP contribution < -0.4 is 5.32 Å². The number of amides is 2. The van der Waals surface area contributed by atoms with Crippen LogP contribution in [0.3, 0.4) is 0 Å². The lowest BCUT2D eigenvalue weighted by molar-refractivity contribution is 0.130. The second-order valence-corrected chi connectivity index (χ2v) is 9.92. The molecule has 2 aliphatic rings. The third-order valence-electron chi connectivity index (χ3n) is 5.42. The molecule has 2 fully saturated rings. The van der Waals surface area contributed by atoms with Crippen LogP contribution in [-0.2, 0) is 0 Å². The number of nitrogens with one attached hydrogen (secondary N) is 1. The Morgan fingerprint density at radius 3 is 2.92 bits per heavy atom. The first kappa shape index (κ1) is 15.9. The number of carbonyl (C=O) groups excluding carboxylic acids is 1. The van der Waals surface area contributed by atoms with Gasteiger partial charge in [0.05, 0.1) is 15.2 Å². The summed E-state index contributed by atoms with van der Waals surface area (Å²) in [4.78, 5) is 19.4. The molecule has 4 nitrogen and oxygen atoms in total. The molecular weight excluding hydrogens is 318 g/mol. The lowest BCUT2D eigenvalue weighted by atomic mass is 9.65. The summed E-state index contributed by atoms with van der Waals surface area (Å²) in [5.41, 5.74) is 2.46. The topological polar surface area (TPSA) is 45.2 Å². The van der Waals surface area contributed by atoms with E-state index < -0.39 is 0 Å². The highest BCUT2D eigenvalue weighted by Gasteiger charge is 2.50. The van der Waals surface area contributed by atoms with Crippen molar-refractivity contribution in [1.29, 1.82) is 0 Å². The number of benzene rings is 1. The molecule has 4 rings (SSSR count). The summed E-state index contributed by atoms with van der Waals surface area (Å²) < 4.78 is 1.12. The minimum absolute atomic E-state index is 0.0435. The van der Waals surface area contributed by atoms with E-state index in [2.05, 4.69) is 36.0 Å². The van der Waals surface area contributed by atoms with Gasteiger partial charge in [-0.15, -0.1) is 11.3 Å². The number of carbonyl (C=O) groups is 1. The summed E-state index contributed by atoms with van der Waals surface area (Å²) >= 11 is 1.66. The average Bonchev–Trinajstić information content (AvgIpc) is 2.93. The van der Waals surface area contributed by atoms with E-state index in [4.69, 9.17) is 0 Å². The summed E-state index contributed by atoms with van der Waals surface area (Å²) in [5.74, 6) is 0. The van der Waals surface area contributed by atoms with Crippen molar-refractivity contribution in [2.45, 2.75) is 53.0 Å². The molecule has 1 aromatic carbocycles. The Kier molecular flexibility index (Phi) is 3.43. The molecule has 5 heteroatoms. The number of rotatable bonds is 1. The molecule has 2 bridgehead atoms. The minimum atomic E-state index is 0.0435. The molecule has 2 aromatic rings. The summed E-state index contributed by atoms with van der Waals surface area (Å²) in [6.45, 7) is 9.88. The van der Waals surface area contributed by atoms with Crippen molar-refractivity contribution in [3.63, 3.8) is 0 Å². The number of hydrogen-bond acceptors (Lipinski definition) is 3. The van der Waals surface area contributed by atoms with Gasteiger partial charge in [0, 0.05) is 18.3 Å². The number of nitrogens with zero attached hydrogens (tertiary/aromatic N) is 2. The first-order valence-corrected chi connectivity index (χ1v) is 9.50. The van der Waals surface area contributed by atoms with Gasteiger partial charge in [-0.1, -0.05) is 20.8 Å². The lowest BCUT2D eigenvalue weighted by Crippen LogP contribution is -2.40. The molecule has 1 aliphatic heterocycles. The Morgan fingerprint density at radius 1 is 1.33 bits per heavy atom. The van der Waals surface area contributed by atoms with Crippen LogP contribution in [0, 0.1) is 17.8 Å². The number of hydrogen-bond donors (Lipinski definition) is 1. The molecule has 0 radical (unpaired) electrons. The van der Waals surface area contributed by atoms with Gasteiger partial charge in [0.2, 0.25) is 0 Å². The van der Waals surface area contributed by atoms with Crippen LogP contribution in [0.25, 0.3) is 10.2 Å². The molecule has 1 aromatic heterocycles. The third kappa shape index (κ3) is 2.79. The first-order chi connectivity index (χ1) is 11.2. The molecular formula is C19H25N3OS. The van der Waals surface area contributed by atoms with Crippen molar-refractivity contribution in [2.24, 2.45) is 10.8 Å². The molecule has 1 saturated carbocycles. The summed E-state index contributed by atoms with van der Waals surface area (Å²) in [6, 6.07) is 6.38. The average molecular weight is 343 g/mol. The van der Waals surface area contributed by atoms with Crippen molar-refractivity contribution in [2.75, 3.05) is 11.9 Å². The smallest absolute Gasteiger partial charge is 0.321 e. The summed E-state index contributed by atoms with van der Waals surface area (Å²) in [5, 5.41) is 4.16. The Hall–Kier alpha value is -1.62. The fourth-order valence-electron chi connectivity index (χ4n) is 5.01. The van der Waals surface area contributed by atoms with E-state index in [0.717, 1.165) is 40.3 Å². The normalized spacial score (nSPS) is 28.3. The molecule has 2 amide bonds. The molecule has 0 spiro atoms. The quantitative estimate of drug-likeness (QED) is 0.788. The second-order valence-electron chi connectivity index (χ2n) is 8.69. The SMILES string of the molecule is Cc1nc2ccc(NC(=O)N3C[C@@]4(C)C[C@@H]3CC(C)(C)C4)cc2s1. The van der Waals surface area contributed by atoms with Gasteiger partial charge in [-0.05, 0) is 55.2 Å². The van der Waals surface area contributed by atoms with Gasteiger partial charge in [0.1, 0.15) is 0 Å². The van der Waals surface area contributed by atoms with Crippen LogP contribution in [0.2, 0.25) is 0 Å². The monoisotopic (exact) mass is 343 g/mol. The number of aryl methyl sites for hydroxylation is 1. The van der Waals surface area contributed by atoms with E-state index >= 15 is 0 Å².